The molecular formula is C28H28Cl2N4O3. The molecule has 0 aliphatic carbocycles. The average Bonchev–Trinajstić information content (AvgIpc) is 2.93. The van der Waals surface area contributed by atoms with Crippen molar-refractivity contribution < 1.29 is 14.3 Å². The molecule has 0 aliphatic heterocycles. The number of aromatic nitrogens is 1. The molecule has 2 N–H and O–H groups in total. The topological polar surface area (TPSA) is 75.7 Å². The van der Waals surface area contributed by atoms with Crippen molar-refractivity contribution in [1.29, 1.82) is 0 Å². The molecule has 0 fully saturated rings. The number of nitrogens with zero attached hydrogens (tertiary/aromatic N) is 2. The van der Waals surface area contributed by atoms with Crippen molar-refractivity contribution in [2.45, 2.75) is 0 Å². The predicted molar refractivity (Wildman–Crippen MR) is 153 cm³/mol. The van der Waals surface area contributed by atoms with Crippen LogP contribution in [-0.2, 0) is 0 Å². The van der Waals surface area contributed by atoms with Crippen molar-refractivity contribution in [3.63, 3.8) is 0 Å². The molecule has 4 rings (SSSR count). The largest absolute Gasteiger partial charge is 0.497 e. The minimum absolute atomic E-state index is 0.366. The van der Waals surface area contributed by atoms with Gasteiger partial charge >= 0.3 is 6.03 Å². The van der Waals surface area contributed by atoms with Gasteiger partial charge < -0.3 is 25.0 Å². The molecule has 0 spiro atoms. The third-order valence-corrected chi connectivity index (χ3v) is 6.19. The molecule has 37 heavy (non-hydrogen) atoms. The highest BCUT2D eigenvalue weighted by Gasteiger charge is 2.14. The van der Waals surface area contributed by atoms with Crippen molar-refractivity contribution in [2.24, 2.45) is 0 Å². The number of halogens is 2. The maximum atomic E-state index is 13.0. The van der Waals surface area contributed by atoms with E-state index in [1.165, 1.54) is 0 Å². The number of hydrogen-bond donors (Lipinski definition) is 2. The SMILES string of the molecule is COc1ccc(-c2cc(NC(=O)Nc3ccc(N(CCCl)CCCl)cc3)c3ccccc3n2)c(OC)c1. The van der Waals surface area contributed by atoms with Gasteiger partial charge in [0.25, 0.3) is 0 Å². The van der Waals surface area contributed by atoms with Gasteiger partial charge in [0, 0.05) is 53.2 Å². The molecule has 0 saturated carbocycles. The number of carbonyl (C=O) groups excluding carboxylic acids is 1. The molecular weight excluding hydrogens is 511 g/mol. The summed E-state index contributed by atoms with van der Waals surface area (Å²) >= 11 is 11.8. The van der Waals surface area contributed by atoms with Crippen LogP contribution in [0.1, 0.15) is 0 Å². The summed E-state index contributed by atoms with van der Waals surface area (Å²) in [7, 11) is 3.20. The third-order valence-electron chi connectivity index (χ3n) is 5.85. The van der Waals surface area contributed by atoms with Crippen LogP contribution in [0, 0.1) is 0 Å². The third kappa shape index (κ3) is 6.37. The first-order chi connectivity index (χ1) is 18.1. The highest BCUT2D eigenvalue weighted by atomic mass is 35.5. The number of benzene rings is 3. The van der Waals surface area contributed by atoms with Crippen LogP contribution in [0.5, 0.6) is 11.5 Å². The second kappa shape index (κ2) is 12.5. The number of ether oxygens (including phenoxy) is 2. The Balaban J connectivity index is 1.59. The molecule has 0 radical (unpaired) electrons. The Morgan fingerprint density at radius 1 is 0.892 bits per heavy atom. The Labute approximate surface area is 226 Å². The molecule has 0 saturated heterocycles. The summed E-state index contributed by atoms with van der Waals surface area (Å²) in [5.74, 6) is 2.31. The number of para-hydroxylation sites is 1. The summed E-state index contributed by atoms with van der Waals surface area (Å²) < 4.78 is 10.9. The highest BCUT2D eigenvalue weighted by Crippen LogP contribution is 2.35. The van der Waals surface area contributed by atoms with E-state index < -0.39 is 0 Å². The van der Waals surface area contributed by atoms with E-state index in [4.69, 9.17) is 37.7 Å². The van der Waals surface area contributed by atoms with Gasteiger partial charge in [-0.15, -0.1) is 23.2 Å². The molecule has 9 heteroatoms. The Bertz CT molecular complexity index is 1360. The van der Waals surface area contributed by atoms with Crippen LogP contribution >= 0.6 is 23.2 Å². The van der Waals surface area contributed by atoms with Crippen molar-refractivity contribution in [1.82, 2.24) is 4.98 Å². The molecule has 192 valence electrons. The maximum absolute atomic E-state index is 13.0. The molecule has 1 aromatic heterocycles. The van der Waals surface area contributed by atoms with E-state index in [1.54, 1.807) is 20.3 Å². The van der Waals surface area contributed by atoms with E-state index in [1.807, 2.05) is 66.7 Å². The zero-order chi connectivity index (χ0) is 26.2. The first-order valence-electron chi connectivity index (χ1n) is 11.7. The molecule has 1 heterocycles. The van der Waals surface area contributed by atoms with E-state index in [0.717, 1.165) is 22.2 Å². The first-order valence-corrected chi connectivity index (χ1v) is 12.8. The van der Waals surface area contributed by atoms with Crippen LogP contribution in [0.25, 0.3) is 22.2 Å². The fourth-order valence-corrected chi connectivity index (χ4v) is 4.45. The fourth-order valence-electron chi connectivity index (χ4n) is 4.04. The number of carbonyl (C=O) groups is 1. The van der Waals surface area contributed by atoms with Gasteiger partial charge in [0.1, 0.15) is 11.5 Å². The van der Waals surface area contributed by atoms with Crippen molar-refractivity contribution >= 4 is 57.2 Å². The Morgan fingerprint density at radius 3 is 2.30 bits per heavy atom. The second-order valence-corrected chi connectivity index (χ2v) is 8.89. The van der Waals surface area contributed by atoms with E-state index in [2.05, 4.69) is 15.5 Å². The number of fused-ring (bicyclic) bond motifs is 1. The molecule has 4 aromatic rings. The van der Waals surface area contributed by atoms with Crippen LogP contribution in [0.2, 0.25) is 0 Å². The van der Waals surface area contributed by atoms with E-state index in [9.17, 15) is 4.79 Å². The number of rotatable bonds is 10. The zero-order valence-corrected chi connectivity index (χ0v) is 22.1. The monoisotopic (exact) mass is 538 g/mol. The Morgan fingerprint density at radius 2 is 1.62 bits per heavy atom. The quantitative estimate of drug-likeness (QED) is 0.216. The van der Waals surface area contributed by atoms with Gasteiger partial charge in [-0.1, -0.05) is 18.2 Å². The number of anilines is 3. The second-order valence-electron chi connectivity index (χ2n) is 8.13. The Hall–Kier alpha value is -3.68. The number of pyridine rings is 1. The first kappa shape index (κ1) is 26.4. The van der Waals surface area contributed by atoms with Crippen LogP contribution < -0.4 is 25.0 Å². The van der Waals surface area contributed by atoms with Gasteiger partial charge in [-0.25, -0.2) is 9.78 Å². The highest BCUT2D eigenvalue weighted by molar-refractivity contribution is 6.18. The van der Waals surface area contributed by atoms with E-state index in [0.29, 0.717) is 53.4 Å². The van der Waals surface area contributed by atoms with Crippen LogP contribution in [-0.4, -0.2) is 50.1 Å². The maximum Gasteiger partial charge on any atom is 0.323 e. The molecule has 2 amide bonds. The minimum atomic E-state index is -0.366. The summed E-state index contributed by atoms with van der Waals surface area (Å²) in [6, 6.07) is 22.2. The number of amides is 2. The standard InChI is InChI=1S/C28H28Cl2N4O3/c1-36-21-11-12-23(27(17-21)37-2)26-18-25(22-5-3-4-6-24(22)32-26)33-28(35)31-19-7-9-20(10-8-19)34(15-13-29)16-14-30/h3-12,17-18H,13-16H2,1-2H3,(H2,31,32,33,35). The van der Waals surface area contributed by atoms with Crippen LogP contribution in [0.4, 0.5) is 21.9 Å². The van der Waals surface area contributed by atoms with Crippen LogP contribution in [0.15, 0.2) is 72.8 Å². The fraction of sp³-hybridized carbons (Fsp3) is 0.214. The summed E-state index contributed by atoms with van der Waals surface area (Å²) in [6.07, 6.45) is 0. The lowest BCUT2D eigenvalue weighted by Gasteiger charge is -2.23. The number of alkyl halides is 2. The lowest BCUT2D eigenvalue weighted by molar-refractivity contribution is 0.262. The van der Waals surface area contributed by atoms with Gasteiger partial charge in [0.2, 0.25) is 0 Å². The molecule has 3 aromatic carbocycles. The van der Waals surface area contributed by atoms with Crippen molar-refractivity contribution in [2.75, 3.05) is 54.6 Å². The molecule has 0 atom stereocenters. The normalized spacial score (nSPS) is 10.7. The lowest BCUT2D eigenvalue weighted by atomic mass is 10.1. The molecule has 0 aliphatic rings. The van der Waals surface area contributed by atoms with E-state index in [-0.39, 0.29) is 6.03 Å². The van der Waals surface area contributed by atoms with Crippen LogP contribution in [0.3, 0.4) is 0 Å². The molecule has 0 bridgehead atoms. The predicted octanol–water partition coefficient (Wildman–Crippen LogP) is 6.85. The smallest absolute Gasteiger partial charge is 0.323 e. The molecule has 0 unspecified atom stereocenters. The summed E-state index contributed by atoms with van der Waals surface area (Å²) in [5, 5.41) is 6.70. The van der Waals surface area contributed by atoms with Gasteiger partial charge in [0.15, 0.2) is 0 Å². The Kier molecular flexibility index (Phi) is 8.93. The van der Waals surface area contributed by atoms with Crippen molar-refractivity contribution in [3.8, 4) is 22.8 Å². The van der Waals surface area contributed by atoms with Gasteiger partial charge in [0.05, 0.1) is 31.1 Å². The number of hydrogen-bond acceptors (Lipinski definition) is 5. The molecule has 7 nitrogen and oxygen atoms in total. The zero-order valence-electron chi connectivity index (χ0n) is 20.6. The summed E-state index contributed by atoms with van der Waals surface area (Å²) in [6.45, 7) is 1.38. The van der Waals surface area contributed by atoms with Gasteiger partial charge in [-0.2, -0.15) is 0 Å². The van der Waals surface area contributed by atoms with Gasteiger partial charge in [-0.05, 0) is 48.5 Å². The number of methoxy groups -OCH3 is 2. The van der Waals surface area contributed by atoms with E-state index >= 15 is 0 Å². The summed E-state index contributed by atoms with van der Waals surface area (Å²) in [5.41, 5.74) is 4.47. The minimum Gasteiger partial charge on any atom is -0.497 e. The number of nitrogens with one attached hydrogen (secondary N) is 2. The van der Waals surface area contributed by atoms with Gasteiger partial charge in [-0.3, -0.25) is 0 Å². The number of urea groups is 1. The average molecular weight is 539 g/mol. The summed E-state index contributed by atoms with van der Waals surface area (Å²) in [4.78, 5) is 19.9. The van der Waals surface area contributed by atoms with Crippen molar-refractivity contribution in [3.05, 3.63) is 72.8 Å². The lowest BCUT2D eigenvalue weighted by Crippen LogP contribution is -2.27.